The predicted molar refractivity (Wildman–Crippen MR) is 139 cm³/mol. The molecular formula is C28H32ClNO6. The van der Waals surface area contributed by atoms with Crippen molar-refractivity contribution in [1.82, 2.24) is 4.57 Å². The van der Waals surface area contributed by atoms with E-state index in [1.54, 1.807) is 90.9 Å². The Morgan fingerprint density at radius 3 is 1.86 bits per heavy atom. The Morgan fingerprint density at radius 1 is 0.861 bits per heavy atom. The summed E-state index contributed by atoms with van der Waals surface area (Å²) in [6.07, 6.45) is 0. The van der Waals surface area contributed by atoms with Crippen molar-refractivity contribution in [1.29, 1.82) is 0 Å². The van der Waals surface area contributed by atoms with E-state index in [9.17, 15) is 14.4 Å². The second kappa shape index (κ2) is 9.97. The molecule has 0 bridgehead atoms. The van der Waals surface area contributed by atoms with Gasteiger partial charge in [-0.15, -0.1) is 0 Å². The predicted octanol–water partition coefficient (Wildman–Crippen LogP) is 6.07. The van der Waals surface area contributed by atoms with Crippen LogP contribution in [0, 0.1) is 6.92 Å². The van der Waals surface area contributed by atoms with Crippen molar-refractivity contribution in [3.05, 3.63) is 64.3 Å². The molecular weight excluding hydrogens is 482 g/mol. The maximum Gasteiger partial charge on any atom is 0.325 e. The lowest BCUT2D eigenvalue weighted by Crippen LogP contribution is -2.36. The van der Waals surface area contributed by atoms with Crippen LogP contribution in [-0.4, -0.2) is 40.7 Å². The molecule has 192 valence electrons. The standard InChI is InChI=1S/C28H32ClNO6/c1-16-22(23(25(32)35-27(2,3)4)26(33)36-28(5,6)7)20-15-19(34-8)13-14-21(20)30(16)24(31)17-9-11-18(29)12-10-17/h9-15,23H,1-8H3. The summed E-state index contributed by atoms with van der Waals surface area (Å²) >= 11 is 6.01. The van der Waals surface area contributed by atoms with E-state index in [-0.39, 0.29) is 5.91 Å². The van der Waals surface area contributed by atoms with Gasteiger partial charge in [-0.1, -0.05) is 11.6 Å². The molecule has 2 aromatic carbocycles. The van der Waals surface area contributed by atoms with Crippen LogP contribution in [0.15, 0.2) is 42.5 Å². The van der Waals surface area contributed by atoms with E-state index in [0.29, 0.717) is 38.5 Å². The third-order valence-corrected chi connectivity index (χ3v) is 5.58. The lowest BCUT2D eigenvalue weighted by molar-refractivity contribution is -0.169. The lowest BCUT2D eigenvalue weighted by Gasteiger charge is -2.26. The molecule has 1 heterocycles. The molecule has 0 amide bonds. The van der Waals surface area contributed by atoms with E-state index < -0.39 is 29.1 Å². The van der Waals surface area contributed by atoms with Gasteiger partial charge in [0, 0.05) is 27.2 Å². The zero-order chi connectivity index (χ0) is 27.0. The number of carbonyl (C=O) groups is 3. The van der Waals surface area contributed by atoms with Gasteiger partial charge in [0.05, 0.1) is 12.6 Å². The molecule has 0 atom stereocenters. The van der Waals surface area contributed by atoms with Crippen LogP contribution in [0.25, 0.3) is 10.9 Å². The number of carbonyl (C=O) groups excluding carboxylic acids is 3. The largest absolute Gasteiger partial charge is 0.497 e. The zero-order valence-electron chi connectivity index (χ0n) is 21.9. The summed E-state index contributed by atoms with van der Waals surface area (Å²) in [4.78, 5) is 40.6. The number of esters is 2. The average Bonchev–Trinajstić information content (AvgIpc) is 3.02. The number of fused-ring (bicyclic) bond motifs is 1. The first kappa shape index (κ1) is 27.3. The minimum absolute atomic E-state index is 0.328. The number of hydrogen-bond acceptors (Lipinski definition) is 6. The van der Waals surface area contributed by atoms with Gasteiger partial charge in [-0.25, -0.2) is 0 Å². The summed E-state index contributed by atoms with van der Waals surface area (Å²) < 4.78 is 18.2. The first-order valence-corrected chi connectivity index (χ1v) is 12.0. The van der Waals surface area contributed by atoms with E-state index >= 15 is 0 Å². The second-order valence-corrected chi connectivity index (χ2v) is 11.0. The van der Waals surface area contributed by atoms with Crippen molar-refractivity contribution in [2.75, 3.05) is 7.11 Å². The first-order valence-electron chi connectivity index (χ1n) is 11.6. The number of hydrogen-bond donors (Lipinski definition) is 0. The van der Waals surface area contributed by atoms with E-state index in [2.05, 4.69) is 0 Å². The summed E-state index contributed by atoms with van der Waals surface area (Å²) in [5, 5.41) is 1.01. The summed E-state index contributed by atoms with van der Waals surface area (Å²) in [7, 11) is 1.52. The van der Waals surface area contributed by atoms with Crippen LogP contribution >= 0.6 is 11.6 Å². The van der Waals surface area contributed by atoms with Gasteiger partial charge in [-0.05, 0) is 90.9 Å². The topological polar surface area (TPSA) is 83.8 Å². The van der Waals surface area contributed by atoms with Crippen molar-refractivity contribution in [2.45, 2.75) is 65.6 Å². The van der Waals surface area contributed by atoms with E-state index in [4.69, 9.17) is 25.8 Å². The van der Waals surface area contributed by atoms with Gasteiger partial charge >= 0.3 is 11.9 Å². The maximum absolute atomic E-state index is 13.6. The summed E-state index contributed by atoms with van der Waals surface area (Å²) in [6, 6.07) is 11.6. The van der Waals surface area contributed by atoms with Crippen LogP contribution in [-0.2, 0) is 19.1 Å². The van der Waals surface area contributed by atoms with Crippen molar-refractivity contribution in [3.63, 3.8) is 0 Å². The van der Waals surface area contributed by atoms with E-state index in [0.717, 1.165) is 0 Å². The fourth-order valence-corrected chi connectivity index (χ4v) is 4.08. The van der Waals surface area contributed by atoms with Gasteiger partial charge in [-0.3, -0.25) is 19.0 Å². The van der Waals surface area contributed by atoms with E-state index in [1.807, 2.05) is 0 Å². The first-order chi connectivity index (χ1) is 16.6. The molecule has 8 heteroatoms. The summed E-state index contributed by atoms with van der Waals surface area (Å²) in [6.45, 7) is 12.0. The van der Waals surface area contributed by atoms with Crippen LogP contribution < -0.4 is 4.74 Å². The normalized spacial score (nSPS) is 12.1. The van der Waals surface area contributed by atoms with Crippen LogP contribution in [0.4, 0.5) is 0 Å². The smallest absolute Gasteiger partial charge is 0.325 e. The maximum atomic E-state index is 13.6. The van der Waals surface area contributed by atoms with Crippen molar-refractivity contribution < 1.29 is 28.6 Å². The molecule has 0 saturated heterocycles. The van der Waals surface area contributed by atoms with Crippen molar-refractivity contribution >= 4 is 40.3 Å². The number of nitrogens with zero attached hydrogens (tertiary/aromatic N) is 1. The van der Waals surface area contributed by atoms with Crippen LogP contribution in [0.5, 0.6) is 5.75 Å². The monoisotopic (exact) mass is 513 g/mol. The minimum atomic E-state index is -1.42. The quantitative estimate of drug-likeness (QED) is 0.304. The number of aromatic nitrogens is 1. The Kier molecular flexibility index (Phi) is 7.55. The van der Waals surface area contributed by atoms with Crippen LogP contribution in [0.1, 0.15) is 69.1 Å². The number of halogens is 1. The fraction of sp³-hybridized carbons (Fsp3) is 0.393. The molecule has 0 N–H and O–H groups in total. The van der Waals surface area contributed by atoms with Crippen LogP contribution in [0.3, 0.4) is 0 Å². The third kappa shape index (κ3) is 5.90. The molecule has 0 fully saturated rings. The Morgan fingerprint density at radius 2 is 1.39 bits per heavy atom. The Bertz CT molecular complexity index is 1280. The van der Waals surface area contributed by atoms with Gasteiger partial charge < -0.3 is 14.2 Å². The molecule has 0 spiro atoms. The highest BCUT2D eigenvalue weighted by Crippen LogP contribution is 2.37. The molecule has 0 radical (unpaired) electrons. The highest BCUT2D eigenvalue weighted by atomic mass is 35.5. The molecule has 3 aromatic rings. The second-order valence-electron chi connectivity index (χ2n) is 10.5. The summed E-state index contributed by atoms with van der Waals surface area (Å²) in [5.41, 5.74) is -0.0382. The SMILES string of the molecule is COc1ccc2c(c1)c(C(C(=O)OC(C)(C)C)C(=O)OC(C)(C)C)c(C)n2C(=O)c1ccc(Cl)cc1. The molecule has 36 heavy (non-hydrogen) atoms. The lowest BCUT2D eigenvalue weighted by atomic mass is 9.95. The molecule has 3 rings (SSSR count). The van der Waals surface area contributed by atoms with Crippen molar-refractivity contribution in [3.8, 4) is 5.75 Å². The van der Waals surface area contributed by atoms with Gasteiger partial charge in [0.1, 0.15) is 17.0 Å². The number of ether oxygens (including phenoxy) is 3. The molecule has 0 aliphatic heterocycles. The molecule has 0 saturated carbocycles. The molecule has 7 nitrogen and oxygen atoms in total. The van der Waals surface area contributed by atoms with Gasteiger partial charge in [-0.2, -0.15) is 0 Å². The minimum Gasteiger partial charge on any atom is -0.497 e. The Labute approximate surface area is 216 Å². The highest BCUT2D eigenvalue weighted by molar-refractivity contribution is 6.30. The zero-order valence-corrected chi connectivity index (χ0v) is 22.6. The van der Waals surface area contributed by atoms with E-state index in [1.165, 1.54) is 11.7 Å². The van der Waals surface area contributed by atoms with Gasteiger partial charge in [0.25, 0.3) is 5.91 Å². The number of methoxy groups -OCH3 is 1. The highest BCUT2D eigenvalue weighted by Gasteiger charge is 2.40. The Hall–Kier alpha value is -3.32. The number of rotatable bonds is 5. The summed E-state index contributed by atoms with van der Waals surface area (Å²) in [5.74, 6) is -2.77. The molecule has 1 aromatic heterocycles. The molecule has 0 aliphatic carbocycles. The van der Waals surface area contributed by atoms with Crippen molar-refractivity contribution in [2.24, 2.45) is 0 Å². The van der Waals surface area contributed by atoms with Gasteiger partial charge in [0.15, 0.2) is 5.92 Å². The fourth-order valence-electron chi connectivity index (χ4n) is 3.95. The number of benzene rings is 2. The molecule has 0 unspecified atom stereocenters. The van der Waals surface area contributed by atoms with Crippen LogP contribution in [0.2, 0.25) is 5.02 Å². The Balaban J connectivity index is 2.31. The average molecular weight is 514 g/mol. The molecule has 0 aliphatic rings. The van der Waals surface area contributed by atoms with Gasteiger partial charge in [0.2, 0.25) is 0 Å². The third-order valence-electron chi connectivity index (χ3n) is 5.33.